The van der Waals surface area contributed by atoms with Crippen molar-refractivity contribution in [2.24, 2.45) is 5.16 Å². The SMILES string of the molecule is CO/N=C1/CCCN(CCCOc2cc3c(Nc4ccc(F)c(Cl)c4)ncnc3cc2OC)C1. The Hall–Kier alpha value is -3.17. The minimum Gasteiger partial charge on any atom is -0.493 e. The first kappa shape index (κ1) is 24.0. The van der Waals surface area contributed by atoms with Crippen molar-refractivity contribution in [1.29, 1.82) is 0 Å². The van der Waals surface area contributed by atoms with Crippen LogP contribution in [0.2, 0.25) is 5.02 Å². The Morgan fingerprint density at radius 2 is 2.06 bits per heavy atom. The molecular weight excluding hydrogens is 461 g/mol. The molecule has 4 rings (SSSR count). The van der Waals surface area contributed by atoms with Crippen molar-refractivity contribution in [3.05, 3.63) is 47.5 Å². The molecule has 8 nitrogen and oxygen atoms in total. The lowest BCUT2D eigenvalue weighted by atomic mass is 10.1. The number of methoxy groups -OCH3 is 1. The molecule has 0 unspecified atom stereocenters. The highest BCUT2D eigenvalue weighted by atomic mass is 35.5. The molecule has 1 N–H and O–H groups in total. The number of benzene rings is 2. The van der Waals surface area contributed by atoms with E-state index in [1.54, 1.807) is 20.3 Å². The zero-order chi connectivity index (χ0) is 23.9. The summed E-state index contributed by atoms with van der Waals surface area (Å²) in [5.41, 5.74) is 2.38. The summed E-state index contributed by atoms with van der Waals surface area (Å²) in [6.07, 6.45) is 4.37. The van der Waals surface area contributed by atoms with Crippen LogP contribution in [0.25, 0.3) is 10.9 Å². The van der Waals surface area contributed by atoms with Crippen molar-refractivity contribution < 1.29 is 18.7 Å². The lowest BCUT2D eigenvalue weighted by molar-refractivity contribution is 0.201. The topological polar surface area (TPSA) is 81.1 Å². The third-order valence-corrected chi connectivity index (χ3v) is 5.84. The molecule has 3 aromatic rings. The molecule has 0 bridgehead atoms. The summed E-state index contributed by atoms with van der Waals surface area (Å²) in [6, 6.07) is 8.08. The maximum absolute atomic E-state index is 13.5. The molecule has 1 aliphatic heterocycles. The van der Waals surface area contributed by atoms with Crippen LogP contribution >= 0.6 is 11.6 Å². The molecule has 1 saturated heterocycles. The van der Waals surface area contributed by atoms with Gasteiger partial charge in [0.25, 0.3) is 0 Å². The molecule has 1 fully saturated rings. The molecule has 0 saturated carbocycles. The third kappa shape index (κ3) is 5.84. The van der Waals surface area contributed by atoms with Gasteiger partial charge in [0.2, 0.25) is 0 Å². The van der Waals surface area contributed by atoms with E-state index < -0.39 is 5.82 Å². The van der Waals surface area contributed by atoms with Crippen LogP contribution in [0.4, 0.5) is 15.9 Å². The highest BCUT2D eigenvalue weighted by Gasteiger charge is 2.16. The van der Waals surface area contributed by atoms with Crippen molar-refractivity contribution in [2.75, 3.05) is 45.8 Å². The van der Waals surface area contributed by atoms with Gasteiger partial charge in [0.15, 0.2) is 11.5 Å². The summed E-state index contributed by atoms with van der Waals surface area (Å²) in [7, 11) is 3.18. The number of oxime groups is 1. The minimum absolute atomic E-state index is 0.0309. The molecule has 34 heavy (non-hydrogen) atoms. The van der Waals surface area contributed by atoms with Gasteiger partial charge >= 0.3 is 0 Å². The van der Waals surface area contributed by atoms with Crippen LogP contribution < -0.4 is 14.8 Å². The van der Waals surface area contributed by atoms with Crippen LogP contribution in [0, 0.1) is 5.82 Å². The molecule has 0 amide bonds. The van der Waals surface area contributed by atoms with Gasteiger partial charge in [-0.25, -0.2) is 14.4 Å². The number of rotatable bonds is 9. The molecule has 0 atom stereocenters. The molecule has 2 aromatic carbocycles. The van der Waals surface area contributed by atoms with Crippen LogP contribution in [0.3, 0.4) is 0 Å². The van der Waals surface area contributed by atoms with Crippen molar-refractivity contribution in [2.45, 2.75) is 19.3 Å². The minimum atomic E-state index is -0.480. The van der Waals surface area contributed by atoms with Crippen LogP contribution in [0.15, 0.2) is 41.8 Å². The standard InChI is InChI=1S/C24H27ClFN5O3/c1-32-22-13-21-18(24(28-15-27-21)29-16-6-7-20(26)19(25)11-16)12-23(22)34-10-4-9-31-8-3-5-17(14-31)30-33-2/h6-7,11-13,15H,3-5,8-10,14H2,1-2H3,(H,27,28,29)/b30-17-. The van der Waals surface area contributed by atoms with E-state index in [1.165, 1.54) is 18.5 Å². The van der Waals surface area contributed by atoms with Gasteiger partial charge < -0.3 is 19.6 Å². The summed E-state index contributed by atoms with van der Waals surface area (Å²) in [5, 5.41) is 8.05. The quantitative estimate of drug-likeness (QED) is 0.334. The highest BCUT2D eigenvalue weighted by Crippen LogP contribution is 2.35. The Bertz CT molecular complexity index is 1180. The second-order valence-corrected chi connectivity index (χ2v) is 8.33. The number of hydrogen-bond donors (Lipinski definition) is 1. The van der Waals surface area contributed by atoms with Crippen LogP contribution in [0.1, 0.15) is 19.3 Å². The van der Waals surface area contributed by atoms with E-state index in [4.69, 9.17) is 25.9 Å². The Kier molecular flexibility index (Phi) is 7.97. The molecule has 0 aliphatic carbocycles. The van der Waals surface area contributed by atoms with Crippen LogP contribution in [-0.2, 0) is 4.84 Å². The van der Waals surface area contributed by atoms with Gasteiger partial charge in [-0.05, 0) is 50.1 Å². The second kappa shape index (κ2) is 11.3. The van der Waals surface area contributed by atoms with Gasteiger partial charge in [0, 0.05) is 30.2 Å². The number of aromatic nitrogens is 2. The summed E-state index contributed by atoms with van der Waals surface area (Å²) in [6.45, 7) is 3.30. The van der Waals surface area contributed by atoms with E-state index in [0.717, 1.165) is 50.0 Å². The number of fused-ring (bicyclic) bond motifs is 1. The smallest absolute Gasteiger partial charge is 0.162 e. The van der Waals surface area contributed by atoms with Gasteiger partial charge in [-0.1, -0.05) is 16.8 Å². The second-order valence-electron chi connectivity index (χ2n) is 7.92. The van der Waals surface area contributed by atoms with E-state index >= 15 is 0 Å². The van der Waals surface area contributed by atoms with Crippen molar-refractivity contribution in [3.8, 4) is 11.5 Å². The number of halogens is 2. The molecule has 180 valence electrons. The first-order valence-electron chi connectivity index (χ1n) is 11.1. The molecule has 1 aliphatic rings. The molecule has 10 heteroatoms. The largest absolute Gasteiger partial charge is 0.493 e. The van der Waals surface area contributed by atoms with Crippen LogP contribution in [0.5, 0.6) is 11.5 Å². The Morgan fingerprint density at radius 1 is 1.18 bits per heavy atom. The third-order valence-electron chi connectivity index (χ3n) is 5.55. The number of nitrogens with zero attached hydrogens (tertiary/aromatic N) is 4. The number of nitrogens with one attached hydrogen (secondary N) is 1. The first-order valence-corrected chi connectivity index (χ1v) is 11.4. The van der Waals surface area contributed by atoms with Crippen molar-refractivity contribution in [3.63, 3.8) is 0 Å². The predicted molar refractivity (Wildman–Crippen MR) is 131 cm³/mol. The van der Waals surface area contributed by atoms with Gasteiger partial charge in [0.1, 0.15) is 25.1 Å². The lowest BCUT2D eigenvalue weighted by Crippen LogP contribution is -2.36. The molecule has 2 heterocycles. The molecule has 1 aromatic heterocycles. The zero-order valence-corrected chi connectivity index (χ0v) is 19.9. The number of hydrogen-bond acceptors (Lipinski definition) is 8. The number of ether oxygens (including phenoxy) is 2. The fraction of sp³-hybridized carbons (Fsp3) is 0.375. The Labute approximate surface area is 202 Å². The summed E-state index contributed by atoms with van der Waals surface area (Å²) in [5.74, 6) is 1.27. The lowest BCUT2D eigenvalue weighted by Gasteiger charge is -2.27. The number of piperidine rings is 1. The van der Waals surface area contributed by atoms with Gasteiger partial charge in [-0.3, -0.25) is 4.90 Å². The van der Waals surface area contributed by atoms with Gasteiger partial charge in [-0.15, -0.1) is 0 Å². The highest BCUT2D eigenvalue weighted by molar-refractivity contribution is 6.31. The number of anilines is 2. The van der Waals surface area contributed by atoms with E-state index in [2.05, 4.69) is 25.3 Å². The molecule has 0 radical (unpaired) electrons. The van der Waals surface area contributed by atoms with E-state index in [1.807, 2.05) is 12.1 Å². The summed E-state index contributed by atoms with van der Waals surface area (Å²) < 4.78 is 25.1. The fourth-order valence-electron chi connectivity index (χ4n) is 3.93. The molecule has 0 spiro atoms. The Balaban J connectivity index is 1.46. The average molecular weight is 488 g/mol. The normalized spacial score (nSPS) is 15.5. The molecular formula is C24H27ClFN5O3. The zero-order valence-electron chi connectivity index (χ0n) is 19.2. The van der Waals surface area contributed by atoms with E-state index in [9.17, 15) is 4.39 Å². The maximum Gasteiger partial charge on any atom is 0.162 e. The Morgan fingerprint density at radius 3 is 2.85 bits per heavy atom. The maximum atomic E-state index is 13.5. The summed E-state index contributed by atoms with van der Waals surface area (Å²) >= 11 is 5.91. The predicted octanol–water partition coefficient (Wildman–Crippen LogP) is 5.04. The number of likely N-dealkylation sites (tertiary alicyclic amines) is 1. The average Bonchev–Trinajstić information content (AvgIpc) is 2.84. The summed E-state index contributed by atoms with van der Waals surface area (Å²) in [4.78, 5) is 16.0. The fourth-order valence-corrected chi connectivity index (χ4v) is 4.11. The van der Waals surface area contributed by atoms with E-state index in [0.29, 0.717) is 35.1 Å². The van der Waals surface area contributed by atoms with Gasteiger partial charge in [0.05, 0.1) is 30.0 Å². The van der Waals surface area contributed by atoms with Crippen LogP contribution in [-0.4, -0.2) is 61.0 Å². The van der Waals surface area contributed by atoms with Crippen molar-refractivity contribution >= 4 is 39.7 Å². The van der Waals surface area contributed by atoms with Gasteiger partial charge in [-0.2, -0.15) is 0 Å². The first-order chi connectivity index (χ1) is 16.6. The van der Waals surface area contributed by atoms with Crippen molar-refractivity contribution in [1.82, 2.24) is 14.9 Å². The van der Waals surface area contributed by atoms with E-state index in [-0.39, 0.29) is 5.02 Å². The monoisotopic (exact) mass is 487 g/mol.